The van der Waals surface area contributed by atoms with Gasteiger partial charge < -0.3 is 0 Å². The summed E-state index contributed by atoms with van der Waals surface area (Å²) in [6.45, 7) is 5.22. The second kappa shape index (κ2) is 34.0. The Morgan fingerprint density at radius 1 is 0.450 bits per heavy atom. The smallest absolute Gasteiger partial charge is 0.283 e. The van der Waals surface area contributed by atoms with E-state index in [0.29, 0.717) is 67.9 Å². The standard InChI is InChI=1S/C29H32F3N3O2S.C29H26F3N3O2S.C25H25F3N4O/c2*1-19(21-7-3-2-4-8-21)34-38(36,37)15-14-27-25-12-10-22(16-20-6-5-9-23(30)17-20)29(25)35(33-27)28-13-11-24(31)18-26(28)32;26-18-6-4-5-16(14-18)13-17-7-9-20-23(25(33)30-31-11-2-1-3-12-31)29-32(24(17)20)22-10-8-19(27)15-21(22)28/h5-6,9,11,13-15,17-19,21-22,34H,2-4,7-8,10,12,16H2,1H3;2-9,11,13-15,17-19,22,34H,10,12,16H2,1H3;4-6,8,10,14-15,17H,1-3,7,9,11-13H2,(H,30,33)/b2*15-14+;/t2*19-,22?;/m11./s1. The molecule has 1 saturated carbocycles. The van der Waals surface area contributed by atoms with Gasteiger partial charge in [-0.05, 0) is 210 Å². The minimum atomic E-state index is -3.83. The summed E-state index contributed by atoms with van der Waals surface area (Å²) in [5.74, 6) is -5.66. The molecule has 3 aromatic heterocycles. The molecule has 1 saturated heterocycles. The molecule has 570 valence electrons. The lowest BCUT2D eigenvalue weighted by atomic mass is 9.85. The molecule has 3 unspecified atom stereocenters. The minimum absolute atomic E-state index is 0.0622. The van der Waals surface area contributed by atoms with Gasteiger partial charge in [-0.25, -0.2) is 84.8 Å². The normalized spacial score (nSPS) is 17.9. The third kappa shape index (κ3) is 18.8. The van der Waals surface area contributed by atoms with Crippen molar-refractivity contribution in [3.05, 3.63) is 294 Å². The van der Waals surface area contributed by atoms with Crippen LogP contribution in [0.4, 0.5) is 39.5 Å². The van der Waals surface area contributed by atoms with Crippen molar-refractivity contribution < 1.29 is 61.1 Å². The van der Waals surface area contributed by atoms with Crippen molar-refractivity contribution in [3.63, 3.8) is 0 Å². The number of nitrogens with zero attached hydrogens (tertiary/aromatic N) is 7. The van der Waals surface area contributed by atoms with Crippen molar-refractivity contribution in [3.8, 4) is 17.1 Å². The van der Waals surface area contributed by atoms with Crippen LogP contribution >= 0.6 is 0 Å². The summed E-state index contributed by atoms with van der Waals surface area (Å²) < 4.78 is 188. The number of rotatable bonds is 21. The fraction of sp³-hybridized carbons (Fsp3) is 0.325. The van der Waals surface area contributed by atoms with Crippen LogP contribution in [-0.2, 0) is 58.6 Å². The highest BCUT2D eigenvalue weighted by atomic mass is 32.2. The fourth-order valence-electron chi connectivity index (χ4n) is 15.8. The molecule has 26 heteroatoms. The van der Waals surface area contributed by atoms with Crippen LogP contribution in [-0.4, -0.2) is 76.2 Å². The summed E-state index contributed by atoms with van der Waals surface area (Å²) >= 11 is 0. The maximum absolute atomic E-state index is 14.8. The number of halogens is 9. The molecule has 0 spiro atoms. The van der Waals surface area contributed by atoms with Gasteiger partial charge in [0.15, 0.2) is 23.1 Å². The van der Waals surface area contributed by atoms with Gasteiger partial charge in [-0.1, -0.05) is 92.4 Å². The van der Waals surface area contributed by atoms with Gasteiger partial charge in [0, 0.05) is 88.6 Å². The van der Waals surface area contributed by atoms with E-state index in [0.717, 1.165) is 156 Å². The zero-order chi connectivity index (χ0) is 76.7. The Kier molecular flexibility index (Phi) is 24.2. The van der Waals surface area contributed by atoms with Crippen LogP contribution in [0, 0.1) is 58.3 Å². The molecule has 15 rings (SSSR count). The van der Waals surface area contributed by atoms with Crippen molar-refractivity contribution in [2.24, 2.45) is 5.92 Å². The number of carbonyl (C=O) groups excluding carboxylic acids is 1. The molecule has 1 amide bonds. The Morgan fingerprint density at radius 2 is 0.844 bits per heavy atom. The van der Waals surface area contributed by atoms with E-state index < -0.39 is 61.0 Å². The topological polar surface area (TPSA) is 178 Å². The number of piperidine rings is 1. The molecule has 109 heavy (non-hydrogen) atoms. The number of nitrogens with one attached hydrogen (secondary N) is 3. The van der Waals surface area contributed by atoms with E-state index in [9.17, 15) is 61.1 Å². The van der Waals surface area contributed by atoms with Crippen LogP contribution in [0.5, 0.6) is 0 Å². The quantitative estimate of drug-likeness (QED) is 0.0591. The Bertz CT molecular complexity index is 5250. The van der Waals surface area contributed by atoms with Crippen molar-refractivity contribution in [1.82, 2.24) is 49.2 Å². The monoisotopic (exact) mass is 1530 g/mol. The van der Waals surface area contributed by atoms with E-state index in [4.69, 9.17) is 0 Å². The molecule has 2 fully saturated rings. The SMILES string of the molecule is C[C@@H](NS(=O)(=O)/C=C/c1nn(-c2ccc(F)cc2F)c2c1CCC2Cc1cccc(F)c1)C1CCCCC1.C[C@@H](NS(=O)(=O)/C=C/c1nn(-c2ccc(F)cc2F)c2c1CCC2Cc1cccc(F)c1)c1ccccc1.O=C(NN1CCCCC1)c1nn(-c2ccc(F)cc2F)c2c1CCC2Cc1cccc(F)c1. The highest BCUT2D eigenvalue weighted by Crippen LogP contribution is 2.43. The van der Waals surface area contributed by atoms with Gasteiger partial charge in [-0.3, -0.25) is 10.2 Å². The Morgan fingerprint density at radius 3 is 1.28 bits per heavy atom. The molecule has 7 aromatic carbocycles. The van der Waals surface area contributed by atoms with E-state index in [2.05, 4.69) is 30.2 Å². The molecule has 4 heterocycles. The van der Waals surface area contributed by atoms with Crippen LogP contribution in [0.15, 0.2) is 169 Å². The summed E-state index contributed by atoms with van der Waals surface area (Å²) in [5, 5.41) is 17.7. The van der Waals surface area contributed by atoms with Gasteiger partial charge in [0.1, 0.15) is 52.0 Å². The molecule has 5 aliphatic rings. The van der Waals surface area contributed by atoms with Crippen LogP contribution in [0.1, 0.15) is 186 Å². The number of hydrazine groups is 1. The van der Waals surface area contributed by atoms with E-state index in [1.165, 1.54) is 99.3 Å². The second-order valence-corrected chi connectivity index (χ2v) is 31.9. The van der Waals surface area contributed by atoms with Crippen molar-refractivity contribution in [2.75, 3.05) is 13.1 Å². The summed E-state index contributed by atoms with van der Waals surface area (Å²) in [5.41, 5.74) is 12.1. The predicted octanol–water partition coefficient (Wildman–Crippen LogP) is 17.3. The summed E-state index contributed by atoms with van der Waals surface area (Å²) in [6.07, 6.45) is 17.0. The zero-order valence-corrected chi connectivity index (χ0v) is 61.7. The molecule has 0 bridgehead atoms. The maximum atomic E-state index is 14.8. The first kappa shape index (κ1) is 77.4. The third-order valence-corrected chi connectivity index (χ3v) is 23.4. The average Bonchev–Trinajstić information content (AvgIpc) is 1.62. The lowest BCUT2D eigenvalue weighted by molar-refractivity contribution is 0.0743. The molecule has 1 aliphatic heterocycles. The number of sulfonamides is 2. The molecular weight excluding hydrogens is 1450 g/mol. The van der Waals surface area contributed by atoms with E-state index >= 15 is 0 Å². The number of amides is 1. The first-order valence-electron chi connectivity index (χ1n) is 36.9. The Balaban J connectivity index is 0.000000144. The van der Waals surface area contributed by atoms with Crippen LogP contribution in [0.25, 0.3) is 29.2 Å². The summed E-state index contributed by atoms with van der Waals surface area (Å²) in [7, 11) is -7.55. The first-order valence-corrected chi connectivity index (χ1v) is 40.0. The van der Waals surface area contributed by atoms with Crippen molar-refractivity contribution in [2.45, 2.75) is 153 Å². The van der Waals surface area contributed by atoms with Crippen molar-refractivity contribution in [1.29, 1.82) is 0 Å². The first-order chi connectivity index (χ1) is 52.4. The van der Waals surface area contributed by atoms with Crippen molar-refractivity contribution >= 4 is 38.1 Å². The van der Waals surface area contributed by atoms with Crippen LogP contribution in [0.2, 0.25) is 0 Å². The van der Waals surface area contributed by atoms with E-state index in [1.54, 1.807) is 25.1 Å². The highest BCUT2D eigenvalue weighted by Gasteiger charge is 2.37. The second-order valence-electron chi connectivity index (χ2n) is 28.7. The van der Waals surface area contributed by atoms with Gasteiger partial charge in [0.2, 0.25) is 20.0 Å². The highest BCUT2D eigenvalue weighted by molar-refractivity contribution is 7.92. The molecule has 10 aromatic rings. The summed E-state index contributed by atoms with van der Waals surface area (Å²) in [6, 6.07) is 37.5. The molecule has 15 nitrogen and oxygen atoms in total. The van der Waals surface area contributed by atoms with E-state index in [1.807, 2.05) is 60.5 Å². The van der Waals surface area contributed by atoms with Gasteiger partial charge in [-0.2, -0.15) is 15.3 Å². The lowest BCUT2D eigenvalue weighted by Gasteiger charge is -2.27. The number of carbonyl (C=O) groups is 1. The number of benzene rings is 7. The van der Waals surface area contributed by atoms with Gasteiger partial charge in [0.25, 0.3) is 5.91 Å². The average molecular weight is 1540 g/mol. The largest absolute Gasteiger partial charge is 0.286 e. The van der Waals surface area contributed by atoms with Gasteiger partial charge in [-0.15, -0.1) is 0 Å². The lowest BCUT2D eigenvalue weighted by Crippen LogP contribution is -2.45. The Labute approximate surface area is 628 Å². The fourth-order valence-corrected chi connectivity index (χ4v) is 18.0. The number of hydrogen-bond acceptors (Lipinski definition) is 9. The van der Waals surface area contributed by atoms with Gasteiger partial charge >= 0.3 is 0 Å². The summed E-state index contributed by atoms with van der Waals surface area (Å²) in [4.78, 5) is 13.1. The Hall–Kier alpha value is -9.73. The van der Waals surface area contributed by atoms with Gasteiger partial charge in [0.05, 0.1) is 28.5 Å². The van der Waals surface area contributed by atoms with E-state index in [-0.39, 0.29) is 69.9 Å². The van der Waals surface area contributed by atoms with Crippen LogP contribution < -0.4 is 14.9 Å². The molecular formula is C83H83F9N10O5S2. The molecule has 5 atom stereocenters. The third-order valence-electron chi connectivity index (χ3n) is 21.0. The predicted molar refractivity (Wildman–Crippen MR) is 400 cm³/mol. The number of aromatic nitrogens is 6. The molecule has 3 N–H and O–H groups in total. The molecule has 0 radical (unpaired) electrons. The maximum Gasteiger partial charge on any atom is 0.286 e. The number of hydrogen-bond donors (Lipinski definition) is 3. The molecule has 4 aliphatic carbocycles. The number of fused-ring (bicyclic) bond motifs is 3. The van der Waals surface area contributed by atoms with Crippen LogP contribution in [0.3, 0.4) is 0 Å². The zero-order valence-electron chi connectivity index (χ0n) is 60.1. The minimum Gasteiger partial charge on any atom is -0.283 e.